The summed E-state index contributed by atoms with van der Waals surface area (Å²) < 4.78 is 12.9. The lowest BCUT2D eigenvalue weighted by Gasteiger charge is -2.25. The molecule has 0 saturated heterocycles. The summed E-state index contributed by atoms with van der Waals surface area (Å²) in [5.74, 6) is -0.270. The van der Waals surface area contributed by atoms with Crippen LogP contribution in [0.3, 0.4) is 0 Å². The number of rotatable bonds is 5. The highest BCUT2D eigenvalue weighted by molar-refractivity contribution is 7.80. The molecule has 2 N–H and O–H groups in total. The zero-order chi connectivity index (χ0) is 15.9. The quantitative estimate of drug-likeness (QED) is 0.830. The van der Waals surface area contributed by atoms with Gasteiger partial charge in [0.25, 0.3) is 0 Å². The standard InChI is InChI=1S/C16H19FN4S/c1-21(2)15(12-4-3-9-18-10-12)11-19-16(22)20-14-7-5-13(17)6-8-14/h3-10,15H,11H2,1-2H3,(H2,19,20,22)/t15-/m1/s1. The number of nitrogens with zero attached hydrogens (tertiary/aromatic N) is 2. The van der Waals surface area contributed by atoms with E-state index in [-0.39, 0.29) is 11.9 Å². The predicted molar refractivity (Wildman–Crippen MR) is 91.3 cm³/mol. The molecule has 4 nitrogen and oxygen atoms in total. The van der Waals surface area contributed by atoms with Gasteiger partial charge in [-0.25, -0.2) is 4.39 Å². The van der Waals surface area contributed by atoms with E-state index in [1.165, 1.54) is 12.1 Å². The molecule has 0 aliphatic carbocycles. The fraction of sp³-hybridized carbons (Fsp3) is 0.250. The minimum absolute atomic E-state index is 0.154. The van der Waals surface area contributed by atoms with Crippen LogP contribution in [0.5, 0.6) is 0 Å². The van der Waals surface area contributed by atoms with Crippen LogP contribution in [0.2, 0.25) is 0 Å². The van der Waals surface area contributed by atoms with Crippen molar-refractivity contribution >= 4 is 23.0 Å². The number of hydrogen-bond donors (Lipinski definition) is 2. The number of nitrogens with one attached hydrogen (secondary N) is 2. The number of halogens is 1. The summed E-state index contributed by atoms with van der Waals surface area (Å²) in [5, 5.41) is 6.72. The smallest absolute Gasteiger partial charge is 0.170 e. The number of pyridine rings is 1. The Hall–Kier alpha value is -2.05. The van der Waals surface area contributed by atoms with Crippen molar-refractivity contribution in [1.29, 1.82) is 0 Å². The van der Waals surface area contributed by atoms with E-state index in [2.05, 4.69) is 20.5 Å². The molecule has 0 aliphatic heterocycles. The predicted octanol–water partition coefficient (Wildman–Crippen LogP) is 2.81. The van der Waals surface area contributed by atoms with Crippen LogP contribution in [0.25, 0.3) is 0 Å². The van der Waals surface area contributed by atoms with Crippen LogP contribution in [0.4, 0.5) is 10.1 Å². The second-order valence-electron chi connectivity index (χ2n) is 5.11. The largest absolute Gasteiger partial charge is 0.361 e. The van der Waals surface area contributed by atoms with Gasteiger partial charge in [-0.2, -0.15) is 0 Å². The number of likely N-dealkylation sites (N-methyl/N-ethyl adjacent to an activating group) is 1. The van der Waals surface area contributed by atoms with E-state index in [1.54, 1.807) is 18.3 Å². The maximum atomic E-state index is 12.9. The minimum atomic E-state index is -0.270. The van der Waals surface area contributed by atoms with Crippen molar-refractivity contribution in [3.05, 3.63) is 60.2 Å². The molecule has 2 aromatic rings. The van der Waals surface area contributed by atoms with Gasteiger partial charge in [-0.05, 0) is 62.2 Å². The first-order chi connectivity index (χ1) is 10.6. The Bertz CT molecular complexity index is 601. The van der Waals surface area contributed by atoms with Crippen molar-refractivity contribution in [1.82, 2.24) is 15.2 Å². The molecule has 22 heavy (non-hydrogen) atoms. The van der Waals surface area contributed by atoms with E-state index in [9.17, 15) is 4.39 Å². The molecule has 6 heteroatoms. The van der Waals surface area contributed by atoms with Crippen LogP contribution < -0.4 is 10.6 Å². The van der Waals surface area contributed by atoms with Gasteiger partial charge >= 0.3 is 0 Å². The SMILES string of the molecule is CN(C)[C@H](CNC(=S)Nc1ccc(F)cc1)c1cccnc1. The number of thiocarbonyl (C=S) groups is 1. The first kappa shape index (κ1) is 16.3. The molecular formula is C16H19FN4S. The third kappa shape index (κ3) is 4.75. The van der Waals surface area contributed by atoms with Crippen LogP contribution in [0.15, 0.2) is 48.8 Å². The third-order valence-corrected chi connectivity index (χ3v) is 3.50. The van der Waals surface area contributed by atoms with Gasteiger partial charge in [-0.15, -0.1) is 0 Å². The van der Waals surface area contributed by atoms with E-state index < -0.39 is 0 Å². The second kappa shape index (κ2) is 7.82. The summed E-state index contributed by atoms with van der Waals surface area (Å²) in [6.07, 6.45) is 3.60. The molecule has 0 radical (unpaired) electrons. The Morgan fingerprint density at radius 2 is 2.00 bits per heavy atom. The molecule has 116 valence electrons. The monoisotopic (exact) mass is 318 g/mol. The molecule has 0 bridgehead atoms. The number of benzene rings is 1. The van der Waals surface area contributed by atoms with Crippen LogP contribution in [0, 0.1) is 5.82 Å². The molecule has 0 spiro atoms. The van der Waals surface area contributed by atoms with Crippen molar-refractivity contribution < 1.29 is 4.39 Å². The van der Waals surface area contributed by atoms with E-state index in [1.807, 2.05) is 32.4 Å². The van der Waals surface area contributed by atoms with E-state index in [0.29, 0.717) is 11.7 Å². The summed E-state index contributed by atoms with van der Waals surface area (Å²) in [6, 6.07) is 10.2. The molecule has 0 amide bonds. The highest BCUT2D eigenvalue weighted by atomic mass is 32.1. The molecule has 0 aliphatic rings. The first-order valence-electron chi connectivity index (χ1n) is 6.93. The summed E-state index contributed by atoms with van der Waals surface area (Å²) in [7, 11) is 4.02. The summed E-state index contributed by atoms with van der Waals surface area (Å²) in [4.78, 5) is 6.25. The van der Waals surface area contributed by atoms with Crippen LogP contribution in [-0.4, -0.2) is 35.6 Å². The Morgan fingerprint density at radius 3 is 2.59 bits per heavy atom. The van der Waals surface area contributed by atoms with Crippen molar-refractivity contribution in [2.75, 3.05) is 26.0 Å². The molecule has 0 fully saturated rings. The Kier molecular flexibility index (Phi) is 5.80. The fourth-order valence-corrected chi connectivity index (χ4v) is 2.27. The summed E-state index contributed by atoms with van der Waals surface area (Å²) >= 11 is 5.27. The van der Waals surface area contributed by atoms with Crippen LogP contribution in [0.1, 0.15) is 11.6 Å². The van der Waals surface area contributed by atoms with E-state index in [4.69, 9.17) is 12.2 Å². The van der Waals surface area contributed by atoms with Gasteiger partial charge in [0.1, 0.15) is 5.82 Å². The highest BCUT2D eigenvalue weighted by Gasteiger charge is 2.14. The van der Waals surface area contributed by atoms with Gasteiger partial charge in [-0.1, -0.05) is 6.07 Å². The fourth-order valence-electron chi connectivity index (χ4n) is 2.07. The minimum Gasteiger partial charge on any atom is -0.361 e. The summed E-state index contributed by atoms with van der Waals surface area (Å²) in [6.45, 7) is 0.645. The lowest BCUT2D eigenvalue weighted by atomic mass is 10.1. The van der Waals surface area contributed by atoms with Crippen molar-refractivity contribution in [2.45, 2.75) is 6.04 Å². The molecule has 1 heterocycles. The number of anilines is 1. The number of aromatic nitrogens is 1. The molecule has 1 aromatic heterocycles. The first-order valence-corrected chi connectivity index (χ1v) is 7.34. The van der Waals surface area contributed by atoms with E-state index >= 15 is 0 Å². The van der Waals surface area contributed by atoms with Gasteiger partial charge in [-0.3, -0.25) is 4.98 Å². The Morgan fingerprint density at radius 1 is 1.27 bits per heavy atom. The average Bonchev–Trinajstić information content (AvgIpc) is 2.50. The topological polar surface area (TPSA) is 40.2 Å². The molecular weight excluding hydrogens is 299 g/mol. The van der Waals surface area contributed by atoms with Crippen LogP contribution >= 0.6 is 12.2 Å². The Balaban J connectivity index is 1.92. The lowest BCUT2D eigenvalue weighted by Crippen LogP contribution is -2.36. The van der Waals surface area contributed by atoms with Crippen molar-refractivity contribution in [3.63, 3.8) is 0 Å². The highest BCUT2D eigenvalue weighted by Crippen LogP contribution is 2.16. The molecule has 1 aromatic carbocycles. The zero-order valence-electron chi connectivity index (χ0n) is 12.6. The van der Waals surface area contributed by atoms with Crippen LogP contribution in [-0.2, 0) is 0 Å². The van der Waals surface area contributed by atoms with Gasteiger partial charge in [0.15, 0.2) is 5.11 Å². The molecule has 1 atom stereocenters. The van der Waals surface area contributed by atoms with E-state index in [0.717, 1.165) is 11.3 Å². The normalized spacial score (nSPS) is 12.0. The molecule has 2 rings (SSSR count). The van der Waals surface area contributed by atoms with Gasteiger partial charge in [0.05, 0.1) is 6.04 Å². The van der Waals surface area contributed by atoms with Gasteiger partial charge in [0.2, 0.25) is 0 Å². The maximum absolute atomic E-state index is 12.9. The maximum Gasteiger partial charge on any atom is 0.170 e. The van der Waals surface area contributed by atoms with Gasteiger partial charge < -0.3 is 15.5 Å². The van der Waals surface area contributed by atoms with Crippen molar-refractivity contribution in [3.8, 4) is 0 Å². The third-order valence-electron chi connectivity index (χ3n) is 3.25. The molecule has 0 saturated carbocycles. The summed E-state index contributed by atoms with van der Waals surface area (Å²) in [5.41, 5.74) is 1.87. The lowest BCUT2D eigenvalue weighted by molar-refractivity contribution is 0.298. The Labute approximate surface area is 135 Å². The molecule has 0 unspecified atom stereocenters. The second-order valence-corrected chi connectivity index (χ2v) is 5.52. The van der Waals surface area contributed by atoms with Crippen molar-refractivity contribution in [2.24, 2.45) is 0 Å². The number of hydrogen-bond acceptors (Lipinski definition) is 3. The average molecular weight is 318 g/mol. The zero-order valence-corrected chi connectivity index (χ0v) is 13.4. The van der Waals surface area contributed by atoms with Gasteiger partial charge in [0, 0.05) is 24.6 Å².